The lowest BCUT2D eigenvalue weighted by atomic mass is 10.1. The van der Waals surface area contributed by atoms with Gasteiger partial charge in [-0.05, 0) is 19.8 Å². The highest BCUT2D eigenvalue weighted by Crippen LogP contribution is 2.17. The smallest absolute Gasteiger partial charge is 0.202 e. The van der Waals surface area contributed by atoms with E-state index in [0.717, 1.165) is 37.1 Å². The number of rotatable bonds is 13. The number of nitrogens with zero attached hydrogens (tertiary/aromatic N) is 2. The molecule has 128 valence electrons. The fraction of sp³-hybridized carbons (Fsp3) is 0.842. The van der Waals surface area contributed by atoms with E-state index in [1.165, 1.54) is 57.2 Å². The summed E-state index contributed by atoms with van der Waals surface area (Å²) in [5.41, 5.74) is 0. The van der Waals surface area contributed by atoms with Crippen molar-refractivity contribution in [1.29, 1.82) is 0 Å². The molecule has 1 N–H and O–H groups in total. The molecular weight excluding hydrogens is 272 g/mol. The van der Waals surface area contributed by atoms with Crippen LogP contribution < -0.4 is 0 Å². The van der Waals surface area contributed by atoms with E-state index in [1.807, 2.05) is 0 Å². The first kappa shape index (κ1) is 19.4. The van der Waals surface area contributed by atoms with Crippen LogP contribution in [0.3, 0.4) is 0 Å². The van der Waals surface area contributed by atoms with Crippen LogP contribution >= 0.6 is 0 Å². The lowest BCUT2D eigenvalue weighted by Gasteiger charge is -2.32. The Morgan fingerprint density at radius 2 is 1.77 bits per heavy atom. The van der Waals surface area contributed by atoms with Gasteiger partial charge in [0.05, 0.1) is 26.1 Å². The molecule has 0 bridgehead atoms. The highest BCUT2D eigenvalue weighted by molar-refractivity contribution is 5.78. The molecule has 0 aromatic rings. The van der Waals surface area contributed by atoms with Crippen molar-refractivity contribution in [3.63, 3.8) is 0 Å². The van der Waals surface area contributed by atoms with Gasteiger partial charge in [0.15, 0.2) is 0 Å². The summed E-state index contributed by atoms with van der Waals surface area (Å²) in [6, 6.07) is 0. The van der Waals surface area contributed by atoms with Gasteiger partial charge in [0.1, 0.15) is 13.1 Å². The van der Waals surface area contributed by atoms with Crippen LogP contribution in [0.25, 0.3) is 0 Å². The molecule has 3 nitrogen and oxygen atoms in total. The van der Waals surface area contributed by atoms with Gasteiger partial charge in [0, 0.05) is 0 Å². The average Bonchev–Trinajstić information content (AvgIpc) is 2.93. The van der Waals surface area contributed by atoms with Gasteiger partial charge in [-0.3, -0.25) is 4.48 Å². The van der Waals surface area contributed by atoms with E-state index in [0.29, 0.717) is 0 Å². The van der Waals surface area contributed by atoms with Gasteiger partial charge in [-0.2, -0.15) is 0 Å². The van der Waals surface area contributed by atoms with Crippen molar-refractivity contribution in [2.24, 2.45) is 4.99 Å². The van der Waals surface area contributed by atoms with E-state index < -0.39 is 0 Å². The fourth-order valence-corrected chi connectivity index (χ4v) is 3.36. The summed E-state index contributed by atoms with van der Waals surface area (Å²) in [6.45, 7) is 8.60. The Kier molecular flexibility index (Phi) is 10.4. The summed E-state index contributed by atoms with van der Waals surface area (Å²) < 4.78 is 0.901. The molecule has 0 aliphatic carbocycles. The molecule has 22 heavy (non-hydrogen) atoms. The number of aliphatic imine (C=N–C) groups is 1. The summed E-state index contributed by atoms with van der Waals surface area (Å²) in [5.74, 6) is 1.27. The standard InChI is InChI=1S/C19H37N2O/c1-3-5-6-7-8-9-10-11-12-13-14-19-20-15-16-21(19,4-2)17-18-22/h12-13,22H,3-11,14-18H2,1-2H3/q+1/b13-12+. The van der Waals surface area contributed by atoms with Crippen LogP contribution in [0.2, 0.25) is 0 Å². The molecule has 1 aliphatic heterocycles. The van der Waals surface area contributed by atoms with Gasteiger partial charge in [-0.25, -0.2) is 4.99 Å². The van der Waals surface area contributed by atoms with Gasteiger partial charge in [0.2, 0.25) is 5.84 Å². The van der Waals surface area contributed by atoms with E-state index in [2.05, 4.69) is 31.0 Å². The molecule has 1 rings (SSSR count). The third-order valence-corrected chi connectivity index (χ3v) is 4.94. The molecule has 0 radical (unpaired) electrons. The predicted molar refractivity (Wildman–Crippen MR) is 96.3 cm³/mol. The van der Waals surface area contributed by atoms with Crippen molar-refractivity contribution in [2.75, 3.05) is 32.8 Å². The predicted octanol–water partition coefficient (Wildman–Crippen LogP) is 4.31. The van der Waals surface area contributed by atoms with Gasteiger partial charge in [-0.1, -0.05) is 57.6 Å². The Hall–Kier alpha value is -0.670. The number of hydrogen-bond acceptors (Lipinski definition) is 2. The van der Waals surface area contributed by atoms with Crippen LogP contribution in [-0.4, -0.2) is 48.2 Å². The highest BCUT2D eigenvalue weighted by Gasteiger charge is 2.34. The largest absolute Gasteiger partial charge is 0.390 e. The number of amidine groups is 1. The first-order valence-corrected chi connectivity index (χ1v) is 9.45. The van der Waals surface area contributed by atoms with Crippen LogP contribution in [0.1, 0.15) is 71.6 Å². The number of aliphatic hydroxyl groups excluding tert-OH is 1. The average molecular weight is 310 g/mol. The second-order valence-electron chi connectivity index (χ2n) is 6.52. The molecule has 0 saturated carbocycles. The van der Waals surface area contributed by atoms with Crippen LogP contribution in [0.4, 0.5) is 0 Å². The summed E-state index contributed by atoms with van der Waals surface area (Å²) >= 11 is 0. The number of allylic oxidation sites excluding steroid dienone is 1. The van der Waals surface area contributed by atoms with Crippen LogP contribution in [0, 0.1) is 0 Å². The maximum absolute atomic E-state index is 9.30. The molecule has 0 saturated heterocycles. The second kappa shape index (κ2) is 11.8. The molecule has 0 spiro atoms. The van der Waals surface area contributed by atoms with E-state index >= 15 is 0 Å². The molecule has 0 fully saturated rings. The van der Waals surface area contributed by atoms with Crippen molar-refractivity contribution in [2.45, 2.75) is 71.6 Å². The van der Waals surface area contributed by atoms with Gasteiger partial charge >= 0.3 is 0 Å². The van der Waals surface area contributed by atoms with Gasteiger partial charge in [0.25, 0.3) is 0 Å². The van der Waals surface area contributed by atoms with Gasteiger partial charge < -0.3 is 5.11 Å². The van der Waals surface area contributed by atoms with Crippen molar-refractivity contribution in [3.05, 3.63) is 12.2 Å². The zero-order valence-electron chi connectivity index (χ0n) is 14.9. The molecule has 1 atom stereocenters. The quantitative estimate of drug-likeness (QED) is 0.307. The van der Waals surface area contributed by atoms with E-state index in [9.17, 15) is 5.11 Å². The Labute approximate surface area is 137 Å². The number of aliphatic hydroxyl groups is 1. The maximum atomic E-state index is 9.30. The topological polar surface area (TPSA) is 32.6 Å². The maximum Gasteiger partial charge on any atom is 0.202 e. The minimum Gasteiger partial charge on any atom is -0.390 e. The SMILES string of the molecule is CCCCCCCCC/C=C/CC1=NCC[N+]1(CC)CCO. The third-order valence-electron chi connectivity index (χ3n) is 4.94. The zero-order chi connectivity index (χ0) is 16.1. The molecule has 1 heterocycles. The Morgan fingerprint density at radius 1 is 1.05 bits per heavy atom. The minimum atomic E-state index is 0.259. The normalized spacial score (nSPS) is 21.7. The fourth-order valence-electron chi connectivity index (χ4n) is 3.36. The molecule has 1 aliphatic rings. The number of quaternary nitrogens is 1. The summed E-state index contributed by atoms with van der Waals surface area (Å²) in [5, 5.41) is 9.30. The first-order valence-electron chi connectivity index (χ1n) is 9.45. The van der Waals surface area contributed by atoms with E-state index in [1.54, 1.807) is 0 Å². The lowest BCUT2D eigenvalue weighted by Crippen LogP contribution is -2.52. The number of hydrogen-bond donors (Lipinski definition) is 1. The second-order valence-corrected chi connectivity index (χ2v) is 6.52. The van der Waals surface area contributed by atoms with Crippen molar-refractivity contribution < 1.29 is 9.59 Å². The summed E-state index contributed by atoms with van der Waals surface area (Å²) in [6.07, 6.45) is 16.4. The van der Waals surface area contributed by atoms with Crippen LogP contribution in [-0.2, 0) is 0 Å². The molecule has 0 amide bonds. The molecular formula is C19H37N2O+. The molecule has 1 unspecified atom stereocenters. The van der Waals surface area contributed by atoms with Gasteiger partial charge in [-0.15, -0.1) is 0 Å². The Bertz CT molecular complexity index is 338. The molecule has 0 aromatic carbocycles. The van der Waals surface area contributed by atoms with Crippen molar-refractivity contribution in [3.8, 4) is 0 Å². The number of unbranched alkanes of at least 4 members (excludes halogenated alkanes) is 7. The van der Waals surface area contributed by atoms with Crippen LogP contribution in [0.15, 0.2) is 17.1 Å². The summed E-state index contributed by atoms with van der Waals surface area (Å²) in [7, 11) is 0. The van der Waals surface area contributed by atoms with Crippen molar-refractivity contribution in [1.82, 2.24) is 0 Å². The minimum absolute atomic E-state index is 0.259. The highest BCUT2D eigenvalue weighted by atomic mass is 16.3. The van der Waals surface area contributed by atoms with Crippen molar-refractivity contribution >= 4 is 5.84 Å². The summed E-state index contributed by atoms with van der Waals surface area (Å²) in [4.78, 5) is 4.68. The lowest BCUT2D eigenvalue weighted by molar-refractivity contribution is -0.834. The first-order chi connectivity index (χ1) is 10.8. The number of likely N-dealkylation sites (N-methyl/N-ethyl adjacent to an activating group) is 1. The van der Waals surface area contributed by atoms with Crippen LogP contribution in [0.5, 0.6) is 0 Å². The zero-order valence-corrected chi connectivity index (χ0v) is 14.9. The molecule has 0 aromatic heterocycles. The van der Waals surface area contributed by atoms with E-state index in [-0.39, 0.29) is 6.61 Å². The molecule has 3 heteroatoms. The third kappa shape index (κ3) is 6.62. The monoisotopic (exact) mass is 309 g/mol. The Balaban J connectivity index is 2.14. The Morgan fingerprint density at radius 3 is 2.45 bits per heavy atom. The van der Waals surface area contributed by atoms with E-state index in [4.69, 9.17) is 0 Å².